The molecule has 0 saturated heterocycles. The highest BCUT2D eigenvalue weighted by Gasteiger charge is 2.28. The highest BCUT2D eigenvalue weighted by atomic mass is 35.5. The number of nitro groups is 1. The largest absolute Gasteiger partial charge is 0.322 e. The molecule has 0 fully saturated rings. The Morgan fingerprint density at radius 2 is 1.54 bits per heavy atom. The fraction of sp³-hybridized carbons (Fsp3) is 0.0952. The normalized spacial score (nSPS) is 11.6. The van der Waals surface area contributed by atoms with Crippen LogP contribution in [0.5, 0.6) is 0 Å². The summed E-state index contributed by atoms with van der Waals surface area (Å²) in [6, 6.07) is 12.2. The molecule has 0 saturated carbocycles. The topological polar surface area (TPSA) is 153 Å². The molecule has 0 heterocycles. The average molecular weight is 558 g/mol. The SMILES string of the molecule is CCS(=O)(=O)c1ccc(NC(=O)c2cc(Cl)ccc2NS(=O)(=O)c2ccc(Cl)cc2[N+](=O)[O-])cc1. The first kappa shape index (κ1) is 26.4. The van der Waals surface area contributed by atoms with E-state index in [9.17, 15) is 31.7 Å². The smallest absolute Gasteiger partial charge is 0.291 e. The molecule has 14 heteroatoms. The zero-order valence-corrected chi connectivity index (χ0v) is 21.0. The Kier molecular flexibility index (Phi) is 7.70. The van der Waals surface area contributed by atoms with Crippen LogP contribution in [0, 0.1) is 10.1 Å². The maximum absolute atomic E-state index is 12.9. The van der Waals surface area contributed by atoms with Crippen molar-refractivity contribution < 1.29 is 26.6 Å². The van der Waals surface area contributed by atoms with Gasteiger partial charge in [-0.2, -0.15) is 0 Å². The number of nitrogens with zero attached hydrogens (tertiary/aromatic N) is 1. The van der Waals surface area contributed by atoms with Crippen molar-refractivity contribution >= 4 is 66.0 Å². The van der Waals surface area contributed by atoms with Crippen LogP contribution in [0.25, 0.3) is 0 Å². The Morgan fingerprint density at radius 3 is 2.14 bits per heavy atom. The maximum Gasteiger partial charge on any atom is 0.291 e. The van der Waals surface area contributed by atoms with Crippen LogP contribution in [0.15, 0.2) is 70.5 Å². The summed E-state index contributed by atoms with van der Waals surface area (Å²) < 4.78 is 52.0. The van der Waals surface area contributed by atoms with Crippen LogP contribution >= 0.6 is 23.2 Å². The minimum Gasteiger partial charge on any atom is -0.322 e. The minimum atomic E-state index is -4.51. The summed E-state index contributed by atoms with van der Waals surface area (Å²) in [6.45, 7) is 1.51. The van der Waals surface area contributed by atoms with Crippen LogP contribution in [0.4, 0.5) is 17.1 Å². The number of sulfone groups is 1. The third-order valence-electron chi connectivity index (χ3n) is 4.73. The van der Waals surface area contributed by atoms with Crippen LogP contribution in [-0.2, 0) is 19.9 Å². The van der Waals surface area contributed by atoms with E-state index < -0.39 is 41.3 Å². The predicted octanol–water partition coefficient (Wildman–Crippen LogP) is 4.75. The van der Waals surface area contributed by atoms with Gasteiger partial charge in [0, 0.05) is 21.8 Å². The quantitative estimate of drug-likeness (QED) is 0.299. The third kappa shape index (κ3) is 6.09. The Labute approximate surface area is 211 Å². The van der Waals surface area contributed by atoms with Gasteiger partial charge in [-0.1, -0.05) is 30.1 Å². The molecule has 3 aromatic carbocycles. The van der Waals surface area contributed by atoms with Gasteiger partial charge in [0.25, 0.3) is 21.6 Å². The lowest BCUT2D eigenvalue weighted by Crippen LogP contribution is -2.19. The van der Waals surface area contributed by atoms with E-state index in [4.69, 9.17) is 23.2 Å². The molecule has 35 heavy (non-hydrogen) atoms. The molecule has 184 valence electrons. The van der Waals surface area contributed by atoms with E-state index in [2.05, 4.69) is 10.0 Å². The number of nitrogens with one attached hydrogen (secondary N) is 2. The number of carbonyl (C=O) groups excluding carboxylic acids is 1. The van der Waals surface area contributed by atoms with Gasteiger partial charge in [0.2, 0.25) is 0 Å². The molecule has 0 bridgehead atoms. The molecule has 3 aromatic rings. The molecule has 0 aliphatic heterocycles. The second-order valence-corrected chi connectivity index (χ2v) is 11.8. The number of rotatable bonds is 8. The van der Waals surface area contributed by atoms with E-state index in [1.54, 1.807) is 0 Å². The second kappa shape index (κ2) is 10.2. The van der Waals surface area contributed by atoms with Gasteiger partial charge in [-0.25, -0.2) is 16.8 Å². The van der Waals surface area contributed by atoms with E-state index in [0.29, 0.717) is 0 Å². The number of anilines is 2. The molecule has 2 N–H and O–H groups in total. The molecule has 0 aliphatic rings. The van der Waals surface area contributed by atoms with Crippen LogP contribution in [0.3, 0.4) is 0 Å². The summed E-state index contributed by atoms with van der Waals surface area (Å²) in [5, 5.41) is 14.0. The van der Waals surface area contributed by atoms with Gasteiger partial charge in [-0.15, -0.1) is 0 Å². The number of amides is 1. The number of hydrogen-bond acceptors (Lipinski definition) is 7. The standard InChI is InChI=1S/C21H17Cl2N3O7S2/c1-2-34(30,31)16-7-5-15(6-8-16)24-21(27)17-11-13(22)3-9-18(17)25-35(32,33)20-10-4-14(23)12-19(20)26(28)29/h3-12,25H,2H2,1H3,(H,24,27). The number of sulfonamides is 1. The Morgan fingerprint density at radius 1 is 0.943 bits per heavy atom. The van der Waals surface area contributed by atoms with Crippen LogP contribution in [-0.4, -0.2) is 33.4 Å². The maximum atomic E-state index is 12.9. The molecular weight excluding hydrogens is 541 g/mol. The summed E-state index contributed by atoms with van der Waals surface area (Å²) >= 11 is 11.8. The fourth-order valence-electron chi connectivity index (χ4n) is 2.96. The van der Waals surface area contributed by atoms with Crippen LogP contribution < -0.4 is 10.0 Å². The van der Waals surface area contributed by atoms with Crippen molar-refractivity contribution in [2.75, 3.05) is 15.8 Å². The first-order valence-electron chi connectivity index (χ1n) is 9.74. The molecule has 10 nitrogen and oxygen atoms in total. The number of nitro benzene ring substituents is 1. The summed E-state index contributed by atoms with van der Waals surface area (Å²) in [4.78, 5) is 22.8. The molecular formula is C21H17Cl2N3O7S2. The molecule has 1 amide bonds. The third-order valence-corrected chi connectivity index (χ3v) is 8.36. The van der Waals surface area contributed by atoms with Crippen molar-refractivity contribution in [1.29, 1.82) is 0 Å². The van der Waals surface area contributed by atoms with Crippen molar-refractivity contribution in [3.63, 3.8) is 0 Å². The lowest BCUT2D eigenvalue weighted by Gasteiger charge is -2.14. The zero-order valence-electron chi connectivity index (χ0n) is 17.9. The van der Waals surface area contributed by atoms with Crippen molar-refractivity contribution in [3.8, 4) is 0 Å². The first-order valence-corrected chi connectivity index (χ1v) is 13.6. The van der Waals surface area contributed by atoms with Gasteiger partial charge in [0.15, 0.2) is 14.7 Å². The molecule has 0 aromatic heterocycles. The van der Waals surface area contributed by atoms with Crippen molar-refractivity contribution in [1.82, 2.24) is 0 Å². The molecule has 0 radical (unpaired) electrons. The van der Waals surface area contributed by atoms with E-state index in [-0.39, 0.29) is 37.6 Å². The van der Waals surface area contributed by atoms with E-state index in [1.807, 2.05) is 0 Å². The van der Waals surface area contributed by atoms with Gasteiger partial charge in [-0.3, -0.25) is 19.6 Å². The second-order valence-electron chi connectivity index (χ2n) is 7.05. The van der Waals surface area contributed by atoms with Crippen LogP contribution in [0.1, 0.15) is 17.3 Å². The fourth-order valence-corrected chi connectivity index (χ4v) is 5.42. The van der Waals surface area contributed by atoms with Crippen LogP contribution in [0.2, 0.25) is 10.0 Å². The Balaban J connectivity index is 1.94. The Bertz CT molecular complexity index is 1520. The van der Waals surface area contributed by atoms with Gasteiger partial charge in [-0.05, 0) is 54.6 Å². The Hall–Kier alpha value is -3.19. The predicted molar refractivity (Wildman–Crippen MR) is 132 cm³/mol. The molecule has 0 atom stereocenters. The number of carbonyl (C=O) groups is 1. The summed E-state index contributed by atoms with van der Waals surface area (Å²) in [7, 11) is -7.94. The van der Waals surface area contributed by atoms with Crippen molar-refractivity contribution in [2.24, 2.45) is 0 Å². The average Bonchev–Trinajstić information content (AvgIpc) is 2.80. The molecule has 3 rings (SSSR count). The van der Waals surface area contributed by atoms with Gasteiger partial charge in [0.05, 0.1) is 26.8 Å². The van der Waals surface area contributed by atoms with E-state index in [1.165, 1.54) is 55.5 Å². The highest BCUT2D eigenvalue weighted by molar-refractivity contribution is 7.93. The molecule has 0 spiro atoms. The van der Waals surface area contributed by atoms with Gasteiger partial charge in [0.1, 0.15) is 0 Å². The minimum absolute atomic E-state index is 0.0278. The van der Waals surface area contributed by atoms with E-state index >= 15 is 0 Å². The van der Waals surface area contributed by atoms with Crippen molar-refractivity contribution in [3.05, 3.63) is 86.4 Å². The summed E-state index contributed by atoms with van der Waals surface area (Å²) in [6.07, 6.45) is 0. The molecule has 0 aliphatic carbocycles. The summed E-state index contributed by atoms with van der Waals surface area (Å²) in [5.74, 6) is -0.849. The first-order chi connectivity index (χ1) is 16.3. The zero-order chi connectivity index (χ0) is 26.0. The van der Waals surface area contributed by atoms with Crippen molar-refractivity contribution in [2.45, 2.75) is 16.7 Å². The number of hydrogen-bond donors (Lipinski definition) is 2. The lowest BCUT2D eigenvalue weighted by molar-refractivity contribution is -0.387. The number of benzene rings is 3. The summed E-state index contributed by atoms with van der Waals surface area (Å²) in [5.41, 5.74) is -0.872. The highest BCUT2D eigenvalue weighted by Crippen LogP contribution is 2.30. The van der Waals surface area contributed by atoms with Gasteiger partial charge >= 0.3 is 0 Å². The lowest BCUT2D eigenvalue weighted by atomic mass is 10.1. The van der Waals surface area contributed by atoms with Gasteiger partial charge < -0.3 is 5.32 Å². The van der Waals surface area contributed by atoms with E-state index in [0.717, 1.165) is 12.1 Å². The monoisotopic (exact) mass is 557 g/mol. The molecule has 0 unspecified atom stereocenters. The number of halogens is 2.